The number of carbonyl (C=O) groups is 2. The van der Waals surface area contributed by atoms with Gasteiger partial charge < -0.3 is 9.47 Å². The average Bonchev–Trinajstić information content (AvgIpc) is 2.10. The minimum Gasteiger partial charge on any atom is -0.465 e. The number of rotatable bonds is 5. The van der Waals surface area contributed by atoms with E-state index >= 15 is 0 Å². The summed E-state index contributed by atoms with van der Waals surface area (Å²) in [5, 5.41) is 0. The molecule has 0 atom stereocenters. The normalized spacial score (nSPS) is 12.7. The van der Waals surface area contributed by atoms with E-state index in [1.54, 1.807) is 32.4 Å². The minimum absolute atomic E-state index is 0.115. The molecular formula is C11H22N2O6S. The molecule has 0 bridgehead atoms. The molecule has 9 heteroatoms. The summed E-state index contributed by atoms with van der Waals surface area (Å²) in [4.78, 5) is 23.0. The van der Waals surface area contributed by atoms with Crippen molar-refractivity contribution in [2.24, 2.45) is 0 Å². The highest BCUT2D eigenvalue weighted by atomic mass is 32.2. The Hall–Kier alpha value is -1.35. The van der Waals surface area contributed by atoms with Crippen molar-refractivity contribution in [2.75, 3.05) is 6.61 Å². The Labute approximate surface area is 119 Å². The van der Waals surface area contributed by atoms with Crippen LogP contribution in [0.3, 0.4) is 0 Å². The van der Waals surface area contributed by atoms with Crippen molar-refractivity contribution in [3.63, 3.8) is 0 Å². The first-order valence-electron chi connectivity index (χ1n) is 6.01. The van der Waals surface area contributed by atoms with Gasteiger partial charge in [-0.15, -0.1) is 0 Å². The standard InChI is InChI=1S/C11H22N2O6S/c1-7-18-8(14)11(5,6)13-20(16,17)12-9(15)19-10(2,3)4/h13H,7H2,1-6H3,(H,12,15). The molecule has 118 valence electrons. The highest BCUT2D eigenvalue weighted by molar-refractivity contribution is 7.88. The lowest BCUT2D eigenvalue weighted by atomic mass is 10.1. The predicted molar refractivity (Wildman–Crippen MR) is 72.1 cm³/mol. The fraction of sp³-hybridized carbons (Fsp3) is 0.818. The van der Waals surface area contributed by atoms with Crippen molar-refractivity contribution < 1.29 is 27.5 Å². The number of carbonyl (C=O) groups excluding carboxylic acids is 2. The maximum absolute atomic E-state index is 11.7. The summed E-state index contributed by atoms with van der Waals surface area (Å²) < 4.78 is 36.7. The quantitative estimate of drug-likeness (QED) is 0.723. The molecule has 0 spiro atoms. The van der Waals surface area contributed by atoms with Crippen LogP contribution in [0.2, 0.25) is 0 Å². The predicted octanol–water partition coefficient (Wildman–Crippen LogP) is 0.687. The van der Waals surface area contributed by atoms with Crippen molar-refractivity contribution in [3.05, 3.63) is 0 Å². The second kappa shape index (κ2) is 6.40. The van der Waals surface area contributed by atoms with E-state index in [1.807, 2.05) is 4.72 Å². The molecular weight excluding hydrogens is 288 g/mol. The second-order valence-corrected chi connectivity index (χ2v) is 6.97. The highest BCUT2D eigenvalue weighted by Gasteiger charge is 2.35. The number of amides is 1. The molecule has 0 fully saturated rings. The summed E-state index contributed by atoms with van der Waals surface area (Å²) in [5.74, 6) is -0.755. The van der Waals surface area contributed by atoms with E-state index in [0.717, 1.165) is 0 Å². The number of hydrogen-bond acceptors (Lipinski definition) is 6. The molecule has 0 aliphatic carbocycles. The van der Waals surface area contributed by atoms with Gasteiger partial charge in [-0.2, -0.15) is 13.1 Å². The summed E-state index contributed by atoms with van der Waals surface area (Å²) in [6, 6.07) is 0. The zero-order valence-electron chi connectivity index (χ0n) is 12.6. The molecule has 0 aliphatic rings. The van der Waals surface area contributed by atoms with E-state index in [0.29, 0.717) is 0 Å². The second-order valence-electron chi connectivity index (χ2n) is 5.55. The van der Waals surface area contributed by atoms with Gasteiger partial charge in [0, 0.05) is 0 Å². The highest BCUT2D eigenvalue weighted by Crippen LogP contribution is 2.09. The van der Waals surface area contributed by atoms with Crippen LogP contribution in [0, 0.1) is 0 Å². The molecule has 1 amide bonds. The average molecular weight is 310 g/mol. The molecule has 0 saturated carbocycles. The SMILES string of the molecule is CCOC(=O)C(C)(C)NS(=O)(=O)NC(=O)OC(C)(C)C. The molecule has 0 unspecified atom stereocenters. The Morgan fingerprint density at radius 3 is 2.00 bits per heavy atom. The van der Waals surface area contributed by atoms with E-state index in [4.69, 9.17) is 9.47 Å². The van der Waals surface area contributed by atoms with Gasteiger partial charge in [0.1, 0.15) is 11.1 Å². The van der Waals surface area contributed by atoms with Crippen molar-refractivity contribution in [1.29, 1.82) is 0 Å². The molecule has 0 rings (SSSR count). The van der Waals surface area contributed by atoms with Gasteiger partial charge in [0.05, 0.1) is 6.61 Å². The van der Waals surface area contributed by atoms with Crippen LogP contribution in [-0.4, -0.2) is 38.2 Å². The first-order valence-corrected chi connectivity index (χ1v) is 7.49. The van der Waals surface area contributed by atoms with Crippen LogP contribution in [0.1, 0.15) is 41.5 Å². The Morgan fingerprint density at radius 1 is 1.10 bits per heavy atom. The van der Waals surface area contributed by atoms with Crippen LogP contribution >= 0.6 is 0 Å². The number of ether oxygens (including phenoxy) is 2. The third-order valence-corrected chi connectivity index (χ3v) is 3.01. The zero-order chi connectivity index (χ0) is 16.2. The van der Waals surface area contributed by atoms with Crippen molar-refractivity contribution in [3.8, 4) is 0 Å². The largest absolute Gasteiger partial charge is 0.465 e. The Bertz CT molecular complexity index is 464. The molecule has 8 nitrogen and oxygen atoms in total. The van der Waals surface area contributed by atoms with Crippen LogP contribution in [0.25, 0.3) is 0 Å². The molecule has 0 radical (unpaired) electrons. The third kappa shape index (κ3) is 7.29. The van der Waals surface area contributed by atoms with Gasteiger partial charge in [0.25, 0.3) is 0 Å². The molecule has 0 saturated heterocycles. The van der Waals surface area contributed by atoms with Crippen LogP contribution < -0.4 is 9.44 Å². The van der Waals surface area contributed by atoms with Crippen LogP contribution in [0.15, 0.2) is 0 Å². The lowest BCUT2D eigenvalue weighted by Gasteiger charge is -2.24. The Morgan fingerprint density at radius 2 is 1.60 bits per heavy atom. The molecule has 0 heterocycles. The third-order valence-electron chi connectivity index (χ3n) is 1.79. The zero-order valence-corrected chi connectivity index (χ0v) is 13.4. The summed E-state index contributed by atoms with van der Waals surface area (Å²) >= 11 is 0. The summed E-state index contributed by atoms with van der Waals surface area (Å²) in [6.07, 6.45) is -1.13. The van der Waals surface area contributed by atoms with Crippen LogP contribution in [0.5, 0.6) is 0 Å². The Balaban J connectivity index is 4.76. The molecule has 2 N–H and O–H groups in total. The molecule has 0 aliphatic heterocycles. The summed E-state index contributed by atoms with van der Waals surface area (Å²) in [6.45, 7) is 9.13. The number of esters is 1. The van der Waals surface area contributed by atoms with Gasteiger partial charge in [-0.05, 0) is 41.5 Å². The molecule has 0 aromatic heterocycles. The first-order chi connectivity index (χ1) is 8.79. The van der Waals surface area contributed by atoms with E-state index in [-0.39, 0.29) is 6.61 Å². The van der Waals surface area contributed by atoms with Gasteiger partial charge in [0.15, 0.2) is 0 Å². The fourth-order valence-corrected chi connectivity index (χ4v) is 2.19. The van der Waals surface area contributed by atoms with Crippen molar-refractivity contribution in [1.82, 2.24) is 9.44 Å². The Kier molecular flexibility index (Phi) is 5.97. The summed E-state index contributed by atoms with van der Waals surface area (Å²) in [7, 11) is -4.25. The van der Waals surface area contributed by atoms with Gasteiger partial charge in [-0.3, -0.25) is 4.79 Å². The van der Waals surface area contributed by atoms with Crippen molar-refractivity contribution in [2.45, 2.75) is 52.7 Å². The van der Waals surface area contributed by atoms with E-state index < -0.39 is 33.4 Å². The number of hydrogen-bond donors (Lipinski definition) is 2. The number of nitrogens with one attached hydrogen (secondary N) is 2. The minimum atomic E-state index is -4.25. The molecule has 0 aromatic carbocycles. The maximum Gasteiger partial charge on any atom is 0.422 e. The van der Waals surface area contributed by atoms with Crippen LogP contribution in [0.4, 0.5) is 4.79 Å². The fourth-order valence-electron chi connectivity index (χ4n) is 1.12. The van der Waals surface area contributed by atoms with E-state index in [1.165, 1.54) is 13.8 Å². The van der Waals surface area contributed by atoms with Gasteiger partial charge in [-0.1, -0.05) is 0 Å². The van der Waals surface area contributed by atoms with E-state index in [9.17, 15) is 18.0 Å². The molecule has 0 aromatic rings. The van der Waals surface area contributed by atoms with Gasteiger partial charge >= 0.3 is 22.3 Å². The molecule has 20 heavy (non-hydrogen) atoms. The van der Waals surface area contributed by atoms with E-state index in [2.05, 4.69) is 0 Å². The van der Waals surface area contributed by atoms with Crippen LogP contribution in [-0.2, 0) is 24.5 Å². The van der Waals surface area contributed by atoms with Gasteiger partial charge in [-0.25, -0.2) is 9.52 Å². The smallest absolute Gasteiger partial charge is 0.422 e. The topological polar surface area (TPSA) is 111 Å². The maximum atomic E-state index is 11.7. The lowest BCUT2D eigenvalue weighted by molar-refractivity contribution is -0.148. The first kappa shape index (κ1) is 18.7. The van der Waals surface area contributed by atoms with Gasteiger partial charge in [0.2, 0.25) is 0 Å². The lowest BCUT2D eigenvalue weighted by Crippen LogP contribution is -2.55. The van der Waals surface area contributed by atoms with Crippen molar-refractivity contribution >= 4 is 22.3 Å². The summed E-state index contributed by atoms with van der Waals surface area (Å²) in [5.41, 5.74) is -2.35. The monoisotopic (exact) mass is 310 g/mol.